The van der Waals surface area contributed by atoms with E-state index < -0.39 is 17.5 Å². The molecule has 0 bridgehead atoms. The summed E-state index contributed by atoms with van der Waals surface area (Å²) in [5.74, 6) is 1.17. The van der Waals surface area contributed by atoms with Crippen LogP contribution in [-0.2, 0) is 14.9 Å². The Bertz CT molecular complexity index is 1510. The van der Waals surface area contributed by atoms with Gasteiger partial charge in [-0.25, -0.2) is 4.79 Å². The van der Waals surface area contributed by atoms with E-state index in [1.54, 1.807) is 39.7 Å². The largest absolute Gasteiger partial charge is 0.497 e. The van der Waals surface area contributed by atoms with Gasteiger partial charge in [0.1, 0.15) is 17.2 Å². The van der Waals surface area contributed by atoms with Crippen molar-refractivity contribution in [1.29, 1.82) is 0 Å². The molecular weight excluding hydrogens is 532 g/mol. The number of aliphatic carboxylic acids is 1. The molecule has 5 aromatic rings. The second kappa shape index (κ2) is 12.2. The van der Waals surface area contributed by atoms with Crippen LogP contribution in [0.3, 0.4) is 0 Å². The number of nitrogens with zero attached hydrogens (tertiary/aromatic N) is 1. The maximum absolute atomic E-state index is 11.7. The molecule has 0 aliphatic carbocycles. The van der Waals surface area contributed by atoms with E-state index in [9.17, 15) is 9.90 Å². The lowest BCUT2D eigenvalue weighted by molar-refractivity contribution is -0.148. The number of carboxylic acid groups (broad SMARTS) is 1. The first-order chi connectivity index (χ1) is 20.5. The third-order valence-corrected chi connectivity index (χ3v) is 7.57. The molecule has 0 fully saturated rings. The first-order valence-corrected chi connectivity index (χ1v) is 13.3. The van der Waals surface area contributed by atoms with Crippen LogP contribution < -0.4 is 14.2 Å². The summed E-state index contributed by atoms with van der Waals surface area (Å²) in [6.45, 7) is 0. The summed E-state index contributed by atoms with van der Waals surface area (Å²) >= 11 is 0. The molecular formula is C34H32N2O6. The summed E-state index contributed by atoms with van der Waals surface area (Å²) in [5.41, 5.74) is 5.17. The zero-order chi connectivity index (χ0) is 29.7. The van der Waals surface area contributed by atoms with E-state index in [4.69, 9.17) is 18.9 Å². The van der Waals surface area contributed by atoms with Gasteiger partial charge in [0.25, 0.3) is 0 Å². The lowest BCUT2D eigenvalue weighted by atomic mass is 9.66. The molecule has 8 nitrogen and oxygen atoms in total. The van der Waals surface area contributed by atoms with Crippen molar-refractivity contribution in [2.45, 2.75) is 11.5 Å². The van der Waals surface area contributed by atoms with Gasteiger partial charge in [0.15, 0.2) is 6.10 Å². The minimum Gasteiger partial charge on any atom is -0.497 e. The van der Waals surface area contributed by atoms with Crippen LogP contribution in [0.25, 0.3) is 11.1 Å². The monoisotopic (exact) mass is 564 g/mol. The van der Waals surface area contributed by atoms with Crippen LogP contribution >= 0.6 is 0 Å². The van der Waals surface area contributed by atoms with E-state index >= 15 is 0 Å². The number of carbonyl (C=O) groups is 1. The lowest BCUT2D eigenvalue weighted by Gasteiger charge is -2.36. The highest BCUT2D eigenvalue weighted by Gasteiger charge is 2.42. The van der Waals surface area contributed by atoms with Crippen molar-refractivity contribution in [1.82, 2.24) is 10.2 Å². The molecule has 0 spiro atoms. The maximum atomic E-state index is 11.7. The molecule has 8 heteroatoms. The Morgan fingerprint density at radius 3 is 1.48 bits per heavy atom. The van der Waals surface area contributed by atoms with Gasteiger partial charge in [0.2, 0.25) is 0 Å². The molecule has 4 aromatic carbocycles. The fourth-order valence-electron chi connectivity index (χ4n) is 5.46. The minimum absolute atomic E-state index is 0.547. The summed E-state index contributed by atoms with van der Waals surface area (Å²) < 4.78 is 21.7. The molecule has 42 heavy (non-hydrogen) atoms. The number of hydrogen-bond donors (Lipinski definition) is 2. The fraction of sp³-hybridized carbons (Fsp3) is 0.176. The highest BCUT2D eigenvalue weighted by atomic mass is 16.5. The minimum atomic E-state index is -1.06. The zero-order valence-corrected chi connectivity index (χ0v) is 23.8. The van der Waals surface area contributed by atoms with Crippen molar-refractivity contribution in [2.24, 2.45) is 0 Å². The molecule has 0 aliphatic heterocycles. The molecule has 5 rings (SSSR count). The highest BCUT2D eigenvalue weighted by molar-refractivity contribution is 5.76. The van der Waals surface area contributed by atoms with E-state index in [0.717, 1.165) is 50.8 Å². The first-order valence-electron chi connectivity index (χ1n) is 13.3. The molecule has 1 atom stereocenters. The standard InChI is InChI=1S/C34H32N2O6/c1-39-27-15-9-24(10-16-27)34(25-11-17-28(40-2)18-12-25,26-13-19-29(41-3)20-14-26)32-30(21-35-36-32)22-5-7-23(8-6-22)31(42-4)33(37)38/h5-21,31H,1-4H3,(H,35,36)(H,37,38). The normalized spacial score (nSPS) is 12.0. The van der Waals surface area contributed by atoms with E-state index in [2.05, 4.69) is 46.6 Å². The first kappa shape index (κ1) is 28.4. The third kappa shape index (κ3) is 5.08. The quantitative estimate of drug-likeness (QED) is 0.183. The zero-order valence-electron chi connectivity index (χ0n) is 23.8. The van der Waals surface area contributed by atoms with E-state index in [-0.39, 0.29) is 0 Å². The van der Waals surface area contributed by atoms with Crippen LogP contribution in [0.2, 0.25) is 0 Å². The number of nitrogens with one attached hydrogen (secondary N) is 1. The number of carboxylic acids is 1. The van der Waals surface area contributed by atoms with Crippen LogP contribution in [0.15, 0.2) is 103 Å². The molecule has 0 amide bonds. The number of benzene rings is 4. The molecule has 214 valence electrons. The Labute approximate surface area is 244 Å². The van der Waals surface area contributed by atoms with Gasteiger partial charge < -0.3 is 24.1 Å². The lowest BCUT2D eigenvalue weighted by Crippen LogP contribution is -2.32. The van der Waals surface area contributed by atoms with Crippen molar-refractivity contribution in [3.8, 4) is 28.4 Å². The average Bonchev–Trinajstić information content (AvgIpc) is 3.53. The molecule has 2 N–H and O–H groups in total. The summed E-state index contributed by atoms with van der Waals surface area (Å²) in [5, 5.41) is 17.4. The van der Waals surface area contributed by atoms with Crippen molar-refractivity contribution >= 4 is 5.97 Å². The van der Waals surface area contributed by atoms with Crippen LogP contribution in [0, 0.1) is 0 Å². The average molecular weight is 565 g/mol. The second-order valence-corrected chi connectivity index (χ2v) is 9.67. The highest BCUT2D eigenvalue weighted by Crippen LogP contribution is 2.48. The molecule has 0 aliphatic rings. The van der Waals surface area contributed by atoms with E-state index in [0.29, 0.717) is 5.56 Å². The van der Waals surface area contributed by atoms with Gasteiger partial charge in [-0.3, -0.25) is 5.10 Å². The Balaban J connectivity index is 1.79. The SMILES string of the molecule is COc1ccc(C(c2ccc(OC)cc2)(c2ccc(OC)cc2)c2[nH]ncc2-c2ccc(C(OC)C(=O)O)cc2)cc1. The number of hydrogen-bond acceptors (Lipinski definition) is 6. The Morgan fingerprint density at radius 2 is 1.12 bits per heavy atom. The predicted molar refractivity (Wildman–Crippen MR) is 159 cm³/mol. The molecule has 1 aromatic heterocycles. The second-order valence-electron chi connectivity index (χ2n) is 9.67. The molecule has 1 heterocycles. The van der Waals surface area contributed by atoms with Crippen LogP contribution in [0.1, 0.15) is 34.1 Å². The number of aromatic amines is 1. The van der Waals surface area contributed by atoms with Crippen molar-refractivity contribution < 1.29 is 28.8 Å². The third-order valence-electron chi connectivity index (χ3n) is 7.57. The van der Waals surface area contributed by atoms with Gasteiger partial charge in [-0.2, -0.15) is 5.10 Å². The fourth-order valence-corrected chi connectivity index (χ4v) is 5.46. The van der Waals surface area contributed by atoms with Gasteiger partial charge in [0, 0.05) is 12.7 Å². The number of H-pyrrole nitrogens is 1. The summed E-state index contributed by atoms with van der Waals surface area (Å²) in [6, 6.07) is 31.3. The van der Waals surface area contributed by atoms with Crippen molar-refractivity contribution in [2.75, 3.05) is 28.4 Å². The van der Waals surface area contributed by atoms with Gasteiger partial charge >= 0.3 is 5.97 Å². The number of aromatic nitrogens is 2. The Morgan fingerprint density at radius 1 is 0.690 bits per heavy atom. The van der Waals surface area contributed by atoms with Crippen LogP contribution in [0.5, 0.6) is 17.2 Å². The summed E-state index contributed by atoms with van der Waals surface area (Å²) in [6.07, 6.45) is 0.737. The van der Waals surface area contributed by atoms with Gasteiger partial charge in [-0.1, -0.05) is 60.7 Å². The van der Waals surface area contributed by atoms with Gasteiger partial charge in [-0.05, 0) is 64.2 Å². The van der Waals surface area contributed by atoms with Crippen molar-refractivity contribution in [3.63, 3.8) is 0 Å². The number of ether oxygens (including phenoxy) is 4. The smallest absolute Gasteiger partial charge is 0.337 e. The molecule has 0 saturated heterocycles. The summed E-state index contributed by atoms with van der Waals surface area (Å²) in [4.78, 5) is 11.7. The van der Waals surface area contributed by atoms with Crippen LogP contribution in [-0.4, -0.2) is 49.7 Å². The maximum Gasteiger partial charge on any atom is 0.337 e. The number of methoxy groups -OCH3 is 4. The predicted octanol–water partition coefficient (Wildman–Crippen LogP) is 6.26. The van der Waals surface area contributed by atoms with E-state index in [1.165, 1.54) is 7.11 Å². The Hall–Kier alpha value is -5.08. The van der Waals surface area contributed by atoms with E-state index in [1.807, 2.05) is 48.5 Å². The summed E-state index contributed by atoms with van der Waals surface area (Å²) in [7, 11) is 6.31. The topological polar surface area (TPSA) is 103 Å². The Kier molecular flexibility index (Phi) is 8.26. The molecule has 0 radical (unpaired) electrons. The molecule has 1 unspecified atom stereocenters. The van der Waals surface area contributed by atoms with Crippen molar-refractivity contribution in [3.05, 3.63) is 131 Å². The van der Waals surface area contributed by atoms with Crippen LogP contribution in [0.4, 0.5) is 0 Å². The number of rotatable bonds is 11. The van der Waals surface area contributed by atoms with Gasteiger partial charge in [-0.15, -0.1) is 0 Å². The van der Waals surface area contributed by atoms with Gasteiger partial charge in [0.05, 0.1) is 38.6 Å². The molecule has 0 saturated carbocycles.